The van der Waals surface area contributed by atoms with Crippen molar-refractivity contribution in [1.29, 1.82) is 0 Å². The number of carbonyl (C=O) groups excluding carboxylic acids is 1. The van der Waals surface area contributed by atoms with E-state index in [1.54, 1.807) is 11.1 Å². The maximum Gasteiger partial charge on any atom is 0.415 e. The summed E-state index contributed by atoms with van der Waals surface area (Å²) in [5.41, 5.74) is 3.10. The normalized spacial score (nSPS) is 15.2. The molecule has 2 aromatic heterocycles. The summed E-state index contributed by atoms with van der Waals surface area (Å²) in [5.74, 6) is 0.780. The van der Waals surface area contributed by atoms with Crippen LogP contribution in [0.1, 0.15) is 24.0 Å². The van der Waals surface area contributed by atoms with E-state index in [0.717, 1.165) is 49.3 Å². The highest BCUT2D eigenvalue weighted by molar-refractivity contribution is 7.98. The molecule has 1 unspecified atom stereocenters. The lowest BCUT2D eigenvalue weighted by Crippen LogP contribution is -2.46. The van der Waals surface area contributed by atoms with Crippen molar-refractivity contribution in [2.45, 2.75) is 31.0 Å². The third kappa shape index (κ3) is 7.44. The minimum Gasteiger partial charge on any atom is -0.448 e. The average Bonchev–Trinajstić information content (AvgIpc) is 3.41. The highest BCUT2D eigenvalue weighted by Gasteiger charge is 2.25. The summed E-state index contributed by atoms with van der Waals surface area (Å²) < 4.78 is 7.79. The van der Waals surface area contributed by atoms with Crippen LogP contribution in [-0.4, -0.2) is 94.8 Å². The van der Waals surface area contributed by atoms with Gasteiger partial charge in [-0.05, 0) is 30.9 Å². The van der Waals surface area contributed by atoms with E-state index >= 15 is 0 Å². The third-order valence-corrected chi connectivity index (χ3v) is 8.17. The number of carbonyl (C=O) groups is 1. The van der Waals surface area contributed by atoms with E-state index < -0.39 is 6.09 Å². The molecule has 2 aromatic carbocycles. The molecular formula is C31H39N7O2S. The van der Waals surface area contributed by atoms with Gasteiger partial charge in [0.25, 0.3) is 0 Å². The maximum absolute atomic E-state index is 13.7. The Hall–Kier alpha value is -3.47. The Kier molecular flexibility index (Phi) is 9.87. The number of hydrogen-bond acceptors (Lipinski definition) is 8. The molecule has 3 heterocycles. The summed E-state index contributed by atoms with van der Waals surface area (Å²) in [5, 5.41) is 6.04. The van der Waals surface area contributed by atoms with Crippen molar-refractivity contribution >= 4 is 34.7 Å². The minimum absolute atomic E-state index is 0.240. The Morgan fingerprint density at radius 3 is 2.44 bits per heavy atom. The minimum atomic E-state index is -0.396. The summed E-state index contributed by atoms with van der Waals surface area (Å²) >= 11 is 1.45. The second-order valence-corrected chi connectivity index (χ2v) is 11.3. The lowest BCUT2D eigenvalue weighted by atomic mass is 10.0. The highest BCUT2D eigenvalue weighted by Crippen LogP contribution is 2.29. The van der Waals surface area contributed by atoms with E-state index in [4.69, 9.17) is 19.8 Å². The van der Waals surface area contributed by atoms with Crippen molar-refractivity contribution in [3.63, 3.8) is 0 Å². The molecule has 41 heavy (non-hydrogen) atoms. The first kappa shape index (κ1) is 29.0. The second-order valence-electron chi connectivity index (χ2n) is 10.6. The van der Waals surface area contributed by atoms with Crippen LogP contribution >= 0.6 is 11.8 Å². The van der Waals surface area contributed by atoms with Gasteiger partial charge < -0.3 is 9.64 Å². The van der Waals surface area contributed by atoms with Gasteiger partial charge in [-0.15, -0.1) is 0 Å². The van der Waals surface area contributed by atoms with Crippen LogP contribution in [0.3, 0.4) is 0 Å². The van der Waals surface area contributed by atoms with Crippen LogP contribution in [0.2, 0.25) is 0 Å². The molecule has 0 saturated carbocycles. The van der Waals surface area contributed by atoms with Crippen molar-refractivity contribution < 1.29 is 9.53 Å². The number of benzene rings is 2. The SMILES string of the molecule is CSc1nc(N(CCc2ccccc2)C(=O)OCCN2CCN(C)CC2)c2cnn(CC(C)c3ccccc3)c2n1. The van der Waals surface area contributed by atoms with E-state index in [2.05, 4.69) is 60.2 Å². The molecule has 1 atom stereocenters. The first-order chi connectivity index (χ1) is 20.0. The van der Waals surface area contributed by atoms with Crippen molar-refractivity contribution in [2.24, 2.45) is 0 Å². The Labute approximate surface area is 246 Å². The fourth-order valence-electron chi connectivity index (χ4n) is 5.08. The number of fused-ring (bicyclic) bond motifs is 1. The van der Waals surface area contributed by atoms with Crippen molar-refractivity contribution in [2.75, 3.05) is 64.1 Å². The Morgan fingerprint density at radius 1 is 1.02 bits per heavy atom. The quantitative estimate of drug-likeness (QED) is 0.187. The molecule has 0 N–H and O–H groups in total. The molecule has 0 radical (unpaired) electrons. The first-order valence-corrected chi connectivity index (χ1v) is 15.5. The lowest BCUT2D eigenvalue weighted by Gasteiger charge is -2.32. The molecule has 0 spiro atoms. The standard InChI is InChI=1S/C31H39N7O2S/c1-24(26-12-8-5-9-13-26)23-38-29-27(22-32-38)28(33-30(34-29)41-3)37(15-14-25-10-6-4-7-11-25)31(39)40-21-20-36-18-16-35(2)17-19-36/h4-13,22,24H,14-21,23H2,1-3H3. The third-order valence-electron chi connectivity index (χ3n) is 7.63. The number of ether oxygens (including phenoxy) is 1. The molecule has 1 aliphatic heterocycles. The summed E-state index contributed by atoms with van der Waals surface area (Å²) in [4.78, 5) is 29.6. The van der Waals surface area contributed by atoms with E-state index in [9.17, 15) is 4.79 Å². The Balaban J connectivity index is 1.40. The fraction of sp³-hybridized carbons (Fsp3) is 0.419. The van der Waals surface area contributed by atoms with Gasteiger partial charge in [0.1, 0.15) is 6.61 Å². The largest absolute Gasteiger partial charge is 0.448 e. The smallest absolute Gasteiger partial charge is 0.415 e. The zero-order chi connectivity index (χ0) is 28.6. The molecule has 4 aromatic rings. The monoisotopic (exact) mass is 573 g/mol. The highest BCUT2D eigenvalue weighted by atomic mass is 32.2. The Morgan fingerprint density at radius 2 is 1.73 bits per heavy atom. The van der Waals surface area contributed by atoms with Gasteiger partial charge in [0.2, 0.25) is 0 Å². The number of rotatable bonds is 11. The van der Waals surface area contributed by atoms with Gasteiger partial charge in [-0.2, -0.15) is 5.10 Å². The van der Waals surface area contributed by atoms with Gasteiger partial charge >= 0.3 is 6.09 Å². The number of hydrogen-bond donors (Lipinski definition) is 0. The molecule has 216 valence electrons. The number of anilines is 1. The summed E-state index contributed by atoms with van der Waals surface area (Å²) in [7, 11) is 2.14. The van der Waals surface area contributed by atoms with Crippen LogP contribution in [0.4, 0.5) is 10.6 Å². The van der Waals surface area contributed by atoms with Crippen LogP contribution in [0.15, 0.2) is 72.0 Å². The predicted molar refractivity (Wildman–Crippen MR) is 165 cm³/mol. The molecule has 1 saturated heterocycles. The van der Waals surface area contributed by atoms with Gasteiger partial charge in [0.15, 0.2) is 16.6 Å². The fourth-order valence-corrected chi connectivity index (χ4v) is 5.43. The van der Waals surface area contributed by atoms with Crippen molar-refractivity contribution in [3.8, 4) is 0 Å². The van der Waals surface area contributed by atoms with E-state index in [-0.39, 0.29) is 5.92 Å². The molecule has 10 heteroatoms. The molecule has 9 nitrogen and oxygen atoms in total. The number of amides is 1. The van der Waals surface area contributed by atoms with Crippen LogP contribution in [0.5, 0.6) is 0 Å². The van der Waals surface area contributed by atoms with Crippen LogP contribution in [0.25, 0.3) is 11.0 Å². The topological polar surface area (TPSA) is 79.6 Å². The molecule has 0 bridgehead atoms. The zero-order valence-corrected chi connectivity index (χ0v) is 25.0. The van der Waals surface area contributed by atoms with Crippen molar-refractivity contribution in [1.82, 2.24) is 29.5 Å². The lowest BCUT2D eigenvalue weighted by molar-refractivity contribution is 0.107. The molecule has 1 fully saturated rings. The number of piperazine rings is 1. The van der Waals surface area contributed by atoms with E-state index in [0.29, 0.717) is 37.1 Å². The van der Waals surface area contributed by atoms with Crippen LogP contribution in [-0.2, 0) is 17.7 Å². The summed E-state index contributed by atoms with van der Waals surface area (Å²) in [6.07, 6.45) is 4.00. The molecule has 1 aliphatic rings. The zero-order valence-electron chi connectivity index (χ0n) is 24.1. The van der Waals surface area contributed by atoms with Gasteiger partial charge in [-0.1, -0.05) is 79.3 Å². The van der Waals surface area contributed by atoms with Gasteiger partial charge in [0.05, 0.1) is 11.6 Å². The van der Waals surface area contributed by atoms with Crippen LogP contribution < -0.4 is 4.90 Å². The number of likely N-dealkylation sites (N-methyl/N-ethyl adjacent to an activating group) is 1. The first-order valence-electron chi connectivity index (χ1n) is 14.2. The Bertz CT molecular complexity index is 1410. The van der Waals surface area contributed by atoms with E-state index in [1.807, 2.05) is 35.2 Å². The van der Waals surface area contributed by atoms with Gasteiger partial charge in [0, 0.05) is 51.7 Å². The van der Waals surface area contributed by atoms with Gasteiger partial charge in [-0.3, -0.25) is 9.80 Å². The van der Waals surface area contributed by atoms with E-state index in [1.165, 1.54) is 17.3 Å². The van der Waals surface area contributed by atoms with Gasteiger partial charge in [-0.25, -0.2) is 19.4 Å². The number of thioether (sulfide) groups is 1. The van der Waals surface area contributed by atoms with Crippen LogP contribution in [0, 0.1) is 0 Å². The number of nitrogens with zero attached hydrogens (tertiary/aromatic N) is 7. The maximum atomic E-state index is 13.7. The predicted octanol–water partition coefficient (Wildman–Crippen LogP) is 4.79. The van der Waals surface area contributed by atoms with Crippen molar-refractivity contribution in [3.05, 3.63) is 78.0 Å². The molecule has 0 aliphatic carbocycles. The summed E-state index contributed by atoms with van der Waals surface area (Å²) in [6, 6.07) is 20.6. The molecule has 1 amide bonds. The second kappa shape index (κ2) is 13.9. The molecule has 5 rings (SSSR count). The molecular weight excluding hydrogens is 534 g/mol. The average molecular weight is 574 g/mol. The summed E-state index contributed by atoms with van der Waals surface area (Å²) in [6.45, 7) is 8.36. The number of aromatic nitrogens is 4.